The number of likely N-dealkylation sites (tertiary alicyclic amines) is 2. The summed E-state index contributed by atoms with van der Waals surface area (Å²) in [5.74, 6) is 0.576. The molecule has 1 aromatic heterocycles. The van der Waals surface area contributed by atoms with Crippen LogP contribution in [0, 0.1) is 24.6 Å². The average Bonchev–Trinajstić information content (AvgIpc) is 3.32. The lowest BCUT2D eigenvalue weighted by Crippen LogP contribution is -2.55. The molecule has 3 aromatic rings. The average molecular weight is 578 g/mol. The smallest absolute Gasteiger partial charge is 0.321 e. The van der Waals surface area contributed by atoms with Crippen molar-refractivity contribution in [3.8, 4) is 0 Å². The molecule has 0 bridgehead atoms. The number of carbonyl (C=O) groups is 2. The van der Waals surface area contributed by atoms with E-state index in [1.807, 2.05) is 18.2 Å². The van der Waals surface area contributed by atoms with Gasteiger partial charge in [-0.1, -0.05) is 53.8 Å². The number of thiazole rings is 1. The monoisotopic (exact) mass is 577 g/mol. The number of nitrogens with one attached hydrogen (secondary N) is 2. The Morgan fingerprint density at radius 3 is 2.51 bits per heavy atom. The summed E-state index contributed by atoms with van der Waals surface area (Å²) < 4.78 is 13.4. The van der Waals surface area contributed by atoms with Gasteiger partial charge in [-0.25, -0.2) is 14.2 Å². The SMILES string of the molecule is CC(=O)c1sc(NC(=O)N[C@@H]2CCN(Cc3ccccc3)C[C@H]2CN2CCCC(Cc3ccc(F)cc3)C2)nc1C. The molecule has 41 heavy (non-hydrogen) atoms. The van der Waals surface area contributed by atoms with E-state index in [1.165, 1.54) is 35.8 Å². The maximum atomic E-state index is 13.4. The molecule has 0 aliphatic carbocycles. The van der Waals surface area contributed by atoms with Crippen LogP contribution in [0.4, 0.5) is 14.3 Å². The maximum absolute atomic E-state index is 13.4. The van der Waals surface area contributed by atoms with E-state index in [9.17, 15) is 14.0 Å². The van der Waals surface area contributed by atoms with Crippen LogP contribution in [0.25, 0.3) is 0 Å². The number of anilines is 1. The van der Waals surface area contributed by atoms with E-state index >= 15 is 0 Å². The molecular formula is C32H40FN5O2S. The molecule has 5 rings (SSSR count). The zero-order valence-electron chi connectivity index (χ0n) is 23.9. The molecule has 0 saturated carbocycles. The molecule has 218 valence electrons. The minimum absolute atomic E-state index is 0.0350. The van der Waals surface area contributed by atoms with Crippen LogP contribution in [0.15, 0.2) is 54.6 Å². The fourth-order valence-corrected chi connectivity index (χ4v) is 7.17. The number of Topliss-reactive ketones (excluding diaryl/α,β-unsaturated/α-hetero) is 1. The second-order valence-electron chi connectivity index (χ2n) is 11.6. The summed E-state index contributed by atoms with van der Waals surface area (Å²) in [5.41, 5.74) is 3.13. The number of halogens is 1. The van der Waals surface area contributed by atoms with Gasteiger partial charge in [0, 0.05) is 51.6 Å². The van der Waals surface area contributed by atoms with Crippen LogP contribution in [-0.2, 0) is 13.0 Å². The van der Waals surface area contributed by atoms with Crippen molar-refractivity contribution in [2.75, 3.05) is 38.0 Å². The van der Waals surface area contributed by atoms with Crippen LogP contribution in [0.3, 0.4) is 0 Å². The van der Waals surface area contributed by atoms with Crippen LogP contribution in [0.1, 0.15) is 52.7 Å². The fourth-order valence-electron chi connectivity index (χ4n) is 6.32. The van der Waals surface area contributed by atoms with Crippen molar-refractivity contribution < 1.29 is 14.0 Å². The number of urea groups is 1. The first-order chi connectivity index (χ1) is 19.8. The number of ketones is 1. The van der Waals surface area contributed by atoms with Gasteiger partial charge in [0.2, 0.25) is 0 Å². The molecule has 1 unspecified atom stereocenters. The van der Waals surface area contributed by atoms with Crippen molar-refractivity contribution >= 4 is 28.3 Å². The predicted molar refractivity (Wildman–Crippen MR) is 162 cm³/mol. The number of nitrogens with zero attached hydrogens (tertiary/aromatic N) is 3. The van der Waals surface area contributed by atoms with Crippen molar-refractivity contribution in [1.82, 2.24) is 20.1 Å². The van der Waals surface area contributed by atoms with Crippen LogP contribution < -0.4 is 10.6 Å². The Bertz CT molecular complexity index is 1320. The number of amides is 2. The molecule has 2 N–H and O–H groups in total. The standard InChI is InChI=1S/C32H40FN5O2S/c1-22-30(23(2)39)41-32(34-22)36-31(40)35-29-14-16-38(18-25-7-4-3-5-8-25)21-27(29)20-37-15-6-9-26(19-37)17-24-10-12-28(33)13-11-24/h3-5,7-8,10-13,26-27,29H,6,9,14-21H2,1-2H3,(H2,34,35,36,40)/t26?,27-,29-/m1/s1. The number of aryl methyl sites for hydroxylation is 1. The van der Waals surface area contributed by atoms with Gasteiger partial charge in [0.05, 0.1) is 10.6 Å². The third-order valence-corrected chi connectivity index (χ3v) is 9.43. The Kier molecular flexibility index (Phi) is 9.80. The van der Waals surface area contributed by atoms with Crippen molar-refractivity contribution in [1.29, 1.82) is 0 Å². The quantitative estimate of drug-likeness (QED) is 0.316. The number of carbonyl (C=O) groups excluding carboxylic acids is 2. The number of rotatable bonds is 9. The summed E-state index contributed by atoms with van der Waals surface area (Å²) in [6, 6.07) is 17.2. The molecule has 2 aromatic carbocycles. The first-order valence-electron chi connectivity index (χ1n) is 14.6. The molecule has 0 radical (unpaired) electrons. The number of aromatic nitrogens is 1. The lowest BCUT2D eigenvalue weighted by Gasteiger charge is -2.42. The fraction of sp³-hybridized carbons (Fsp3) is 0.469. The largest absolute Gasteiger partial charge is 0.335 e. The Balaban J connectivity index is 1.23. The van der Waals surface area contributed by atoms with Gasteiger partial charge >= 0.3 is 6.03 Å². The molecule has 2 aliphatic heterocycles. The highest BCUT2D eigenvalue weighted by Crippen LogP contribution is 2.27. The number of hydrogen-bond acceptors (Lipinski definition) is 6. The van der Waals surface area contributed by atoms with E-state index in [-0.39, 0.29) is 29.6 Å². The highest BCUT2D eigenvalue weighted by atomic mass is 32.1. The lowest BCUT2D eigenvalue weighted by atomic mass is 9.88. The van der Waals surface area contributed by atoms with Gasteiger partial charge in [0.1, 0.15) is 5.82 Å². The maximum Gasteiger partial charge on any atom is 0.321 e. The molecule has 3 heterocycles. The lowest BCUT2D eigenvalue weighted by molar-refractivity contribution is 0.0819. The summed E-state index contributed by atoms with van der Waals surface area (Å²) in [6.45, 7) is 9.01. The van der Waals surface area contributed by atoms with Crippen molar-refractivity contribution in [3.05, 3.63) is 82.1 Å². The van der Waals surface area contributed by atoms with Gasteiger partial charge < -0.3 is 10.2 Å². The Morgan fingerprint density at radius 2 is 1.78 bits per heavy atom. The second-order valence-corrected chi connectivity index (χ2v) is 12.6. The van der Waals surface area contributed by atoms with Gasteiger partial charge in [0.25, 0.3) is 0 Å². The van der Waals surface area contributed by atoms with Crippen molar-refractivity contribution in [3.63, 3.8) is 0 Å². The van der Waals surface area contributed by atoms with Crippen molar-refractivity contribution in [2.45, 2.75) is 52.1 Å². The van der Waals surface area contributed by atoms with E-state index in [0.717, 1.165) is 58.5 Å². The zero-order valence-corrected chi connectivity index (χ0v) is 24.8. The van der Waals surface area contributed by atoms with E-state index < -0.39 is 0 Å². The minimum atomic E-state index is -0.270. The van der Waals surface area contributed by atoms with Gasteiger partial charge in [0.15, 0.2) is 10.9 Å². The molecule has 0 spiro atoms. The highest BCUT2D eigenvalue weighted by molar-refractivity contribution is 7.17. The number of piperidine rings is 2. The van der Waals surface area contributed by atoms with Gasteiger partial charge in [-0.05, 0) is 68.3 Å². The topological polar surface area (TPSA) is 77.6 Å². The molecule has 2 saturated heterocycles. The van der Waals surface area contributed by atoms with Gasteiger partial charge in [-0.2, -0.15) is 0 Å². The van der Waals surface area contributed by atoms with E-state index in [4.69, 9.17) is 0 Å². The van der Waals surface area contributed by atoms with Crippen LogP contribution in [0.5, 0.6) is 0 Å². The predicted octanol–water partition coefficient (Wildman–Crippen LogP) is 5.76. The van der Waals surface area contributed by atoms with Gasteiger partial charge in [-0.3, -0.25) is 15.0 Å². The van der Waals surface area contributed by atoms with E-state index in [0.29, 0.717) is 21.6 Å². The molecule has 2 fully saturated rings. The molecule has 9 heteroatoms. The number of benzene rings is 2. The summed E-state index contributed by atoms with van der Waals surface area (Å²) in [6.07, 6.45) is 4.15. The molecule has 3 atom stereocenters. The third-order valence-electron chi connectivity index (χ3n) is 8.25. The first-order valence-corrected chi connectivity index (χ1v) is 15.4. The summed E-state index contributed by atoms with van der Waals surface area (Å²) in [7, 11) is 0. The Morgan fingerprint density at radius 1 is 1.00 bits per heavy atom. The summed E-state index contributed by atoms with van der Waals surface area (Å²) in [4.78, 5) is 34.9. The Hall–Kier alpha value is -3.14. The number of hydrogen-bond donors (Lipinski definition) is 2. The third kappa shape index (κ3) is 8.21. The highest BCUT2D eigenvalue weighted by Gasteiger charge is 2.33. The van der Waals surface area contributed by atoms with E-state index in [1.54, 1.807) is 19.1 Å². The zero-order chi connectivity index (χ0) is 28.8. The molecule has 7 nitrogen and oxygen atoms in total. The van der Waals surface area contributed by atoms with Gasteiger partial charge in [-0.15, -0.1) is 0 Å². The minimum Gasteiger partial charge on any atom is -0.335 e. The second kappa shape index (κ2) is 13.7. The molecule has 2 amide bonds. The molecular weight excluding hydrogens is 537 g/mol. The summed E-state index contributed by atoms with van der Waals surface area (Å²) >= 11 is 1.22. The van der Waals surface area contributed by atoms with E-state index in [2.05, 4.69) is 49.7 Å². The van der Waals surface area contributed by atoms with Crippen molar-refractivity contribution in [2.24, 2.45) is 11.8 Å². The first kappa shape index (κ1) is 29.4. The normalized spacial score (nSPS) is 21.9. The van der Waals surface area contributed by atoms with Crippen LogP contribution >= 0.6 is 11.3 Å². The Labute approximate surface area is 246 Å². The molecule has 2 aliphatic rings. The summed E-state index contributed by atoms with van der Waals surface area (Å²) in [5, 5.41) is 6.57. The van der Waals surface area contributed by atoms with Crippen LogP contribution in [0.2, 0.25) is 0 Å². The van der Waals surface area contributed by atoms with Crippen LogP contribution in [-0.4, -0.2) is 65.4 Å².